The van der Waals surface area contributed by atoms with Crippen LogP contribution in [0.5, 0.6) is 5.75 Å². The van der Waals surface area contributed by atoms with Gasteiger partial charge >= 0.3 is 0 Å². The molecule has 0 fully saturated rings. The first kappa shape index (κ1) is 14.6. The molecule has 1 aromatic rings. The van der Waals surface area contributed by atoms with E-state index in [0.29, 0.717) is 0 Å². The molecule has 100 valence electrons. The number of hydrogen-bond donors (Lipinski definition) is 1. The summed E-state index contributed by atoms with van der Waals surface area (Å²) in [7, 11) is 0. The van der Waals surface area contributed by atoms with E-state index in [-0.39, 0.29) is 11.9 Å². The molecule has 0 unspecified atom stereocenters. The second-order valence-electron chi connectivity index (χ2n) is 4.78. The molecule has 1 rings (SSSR count). The van der Waals surface area contributed by atoms with E-state index < -0.39 is 6.10 Å². The standard InChI is InChI=1S/C15H23NO2/c1-6-11(3)16-15(17)13(5)18-14-9-7-8-10(2)12(14)4/h7-9,11,13H,6H2,1-5H3,(H,16,17)/t11-,13+/m1/s1. The maximum absolute atomic E-state index is 11.9. The maximum atomic E-state index is 11.9. The van der Waals surface area contributed by atoms with Crippen LogP contribution in [0.3, 0.4) is 0 Å². The Hall–Kier alpha value is -1.51. The van der Waals surface area contributed by atoms with Crippen LogP contribution in [0.1, 0.15) is 38.3 Å². The van der Waals surface area contributed by atoms with Gasteiger partial charge in [-0.1, -0.05) is 19.1 Å². The Morgan fingerprint density at radius 3 is 2.61 bits per heavy atom. The Morgan fingerprint density at radius 2 is 2.00 bits per heavy atom. The van der Waals surface area contributed by atoms with Gasteiger partial charge < -0.3 is 10.1 Å². The fraction of sp³-hybridized carbons (Fsp3) is 0.533. The second kappa shape index (κ2) is 6.43. The highest BCUT2D eigenvalue weighted by Gasteiger charge is 2.17. The Kier molecular flexibility index (Phi) is 5.20. The Morgan fingerprint density at radius 1 is 1.33 bits per heavy atom. The average molecular weight is 249 g/mol. The van der Waals surface area contributed by atoms with Crippen LogP contribution >= 0.6 is 0 Å². The molecule has 0 aliphatic carbocycles. The molecule has 0 radical (unpaired) electrons. The van der Waals surface area contributed by atoms with Crippen LogP contribution in [0, 0.1) is 13.8 Å². The monoisotopic (exact) mass is 249 g/mol. The van der Waals surface area contributed by atoms with Crippen LogP contribution < -0.4 is 10.1 Å². The van der Waals surface area contributed by atoms with Gasteiger partial charge in [-0.05, 0) is 51.3 Å². The van der Waals surface area contributed by atoms with Crippen LogP contribution in [-0.2, 0) is 4.79 Å². The molecule has 0 aliphatic rings. The van der Waals surface area contributed by atoms with Crippen LogP contribution in [0.4, 0.5) is 0 Å². The first-order valence-corrected chi connectivity index (χ1v) is 6.49. The van der Waals surface area contributed by atoms with Crippen LogP contribution in [0.25, 0.3) is 0 Å². The first-order valence-electron chi connectivity index (χ1n) is 6.49. The van der Waals surface area contributed by atoms with Gasteiger partial charge in [-0.15, -0.1) is 0 Å². The van der Waals surface area contributed by atoms with Crippen molar-refractivity contribution in [2.24, 2.45) is 0 Å². The van der Waals surface area contributed by atoms with Gasteiger partial charge in [0, 0.05) is 6.04 Å². The zero-order chi connectivity index (χ0) is 13.7. The second-order valence-corrected chi connectivity index (χ2v) is 4.78. The van der Waals surface area contributed by atoms with E-state index in [1.54, 1.807) is 6.92 Å². The molecule has 0 aliphatic heterocycles. The molecule has 0 saturated carbocycles. The summed E-state index contributed by atoms with van der Waals surface area (Å²) >= 11 is 0. The van der Waals surface area contributed by atoms with E-state index >= 15 is 0 Å². The third kappa shape index (κ3) is 3.76. The lowest BCUT2D eigenvalue weighted by Gasteiger charge is -2.19. The zero-order valence-electron chi connectivity index (χ0n) is 11.9. The molecule has 1 aromatic carbocycles. The van der Waals surface area contributed by atoms with E-state index in [1.807, 2.05) is 45.9 Å². The van der Waals surface area contributed by atoms with Gasteiger partial charge in [0.2, 0.25) is 0 Å². The molecule has 3 nitrogen and oxygen atoms in total. The number of carbonyl (C=O) groups excluding carboxylic acids is 1. The third-order valence-corrected chi connectivity index (χ3v) is 3.23. The van der Waals surface area contributed by atoms with Crippen LogP contribution in [0.2, 0.25) is 0 Å². The normalized spacial score (nSPS) is 13.8. The van der Waals surface area contributed by atoms with Gasteiger partial charge in [-0.2, -0.15) is 0 Å². The highest BCUT2D eigenvalue weighted by Crippen LogP contribution is 2.21. The van der Waals surface area contributed by atoms with Crippen molar-refractivity contribution in [2.75, 3.05) is 0 Å². The van der Waals surface area contributed by atoms with E-state index in [2.05, 4.69) is 5.32 Å². The Labute approximate surface area is 110 Å². The van der Waals surface area contributed by atoms with E-state index in [0.717, 1.165) is 17.7 Å². The lowest BCUT2D eigenvalue weighted by molar-refractivity contribution is -0.127. The minimum Gasteiger partial charge on any atom is -0.481 e. The zero-order valence-corrected chi connectivity index (χ0v) is 11.9. The molecular weight excluding hydrogens is 226 g/mol. The van der Waals surface area contributed by atoms with Crippen molar-refractivity contribution in [3.8, 4) is 5.75 Å². The number of carbonyl (C=O) groups is 1. The molecule has 0 bridgehead atoms. The van der Waals surface area contributed by atoms with Gasteiger partial charge in [0.05, 0.1) is 0 Å². The summed E-state index contributed by atoms with van der Waals surface area (Å²) in [4.78, 5) is 11.9. The van der Waals surface area contributed by atoms with Gasteiger partial charge in [0.15, 0.2) is 6.10 Å². The summed E-state index contributed by atoms with van der Waals surface area (Å²) in [5.41, 5.74) is 2.25. The van der Waals surface area contributed by atoms with Crippen molar-refractivity contribution in [3.05, 3.63) is 29.3 Å². The van der Waals surface area contributed by atoms with E-state index in [9.17, 15) is 4.79 Å². The van der Waals surface area contributed by atoms with Gasteiger partial charge in [-0.25, -0.2) is 0 Å². The molecule has 0 aromatic heterocycles. The van der Waals surface area contributed by atoms with Crippen molar-refractivity contribution >= 4 is 5.91 Å². The fourth-order valence-corrected chi connectivity index (χ4v) is 1.56. The number of rotatable bonds is 5. The summed E-state index contributed by atoms with van der Waals surface area (Å²) in [6.45, 7) is 9.85. The molecule has 1 amide bonds. The highest BCUT2D eigenvalue weighted by molar-refractivity contribution is 5.81. The van der Waals surface area contributed by atoms with Crippen molar-refractivity contribution in [2.45, 2.75) is 53.2 Å². The predicted molar refractivity (Wildman–Crippen MR) is 73.9 cm³/mol. The van der Waals surface area contributed by atoms with Crippen LogP contribution in [-0.4, -0.2) is 18.1 Å². The summed E-state index contributed by atoms with van der Waals surface area (Å²) in [5, 5.41) is 2.92. The van der Waals surface area contributed by atoms with Gasteiger partial charge in [0.25, 0.3) is 5.91 Å². The third-order valence-electron chi connectivity index (χ3n) is 3.23. The largest absolute Gasteiger partial charge is 0.481 e. The lowest BCUT2D eigenvalue weighted by Crippen LogP contribution is -2.41. The number of nitrogens with one attached hydrogen (secondary N) is 1. The molecule has 0 spiro atoms. The Bertz CT molecular complexity index is 415. The number of ether oxygens (including phenoxy) is 1. The molecule has 2 atom stereocenters. The molecule has 1 N–H and O–H groups in total. The summed E-state index contributed by atoms with van der Waals surface area (Å²) in [6.07, 6.45) is 0.446. The number of hydrogen-bond acceptors (Lipinski definition) is 2. The smallest absolute Gasteiger partial charge is 0.260 e. The first-order chi connectivity index (χ1) is 8.45. The lowest BCUT2D eigenvalue weighted by atomic mass is 10.1. The minimum absolute atomic E-state index is 0.0646. The van der Waals surface area contributed by atoms with E-state index in [1.165, 1.54) is 5.56 Å². The number of aryl methyl sites for hydroxylation is 1. The average Bonchev–Trinajstić information content (AvgIpc) is 2.34. The minimum atomic E-state index is -0.473. The topological polar surface area (TPSA) is 38.3 Å². The number of benzene rings is 1. The Balaban J connectivity index is 2.67. The van der Waals surface area contributed by atoms with E-state index in [4.69, 9.17) is 4.74 Å². The van der Waals surface area contributed by atoms with Gasteiger partial charge in [0.1, 0.15) is 5.75 Å². The van der Waals surface area contributed by atoms with Crippen molar-refractivity contribution in [3.63, 3.8) is 0 Å². The van der Waals surface area contributed by atoms with Crippen molar-refractivity contribution in [1.29, 1.82) is 0 Å². The molecule has 18 heavy (non-hydrogen) atoms. The maximum Gasteiger partial charge on any atom is 0.260 e. The predicted octanol–water partition coefficient (Wildman–Crippen LogP) is 2.99. The molecule has 0 saturated heterocycles. The van der Waals surface area contributed by atoms with Gasteiger partial charge in [-0.3, -0.25) is 4.79 Å². The highest BCUT2D eigenvalue weighted by atomic mass is 16.5. The quantitative estimate of drug-likeness (QED) is 0.871. The van der Waals surface area contributed by atoms with Crippen LogP contribution in [0.15, 0.2) is 18.2 Å². The molecule has 0 heterocycles. The number of amides is 1. The SMILES string of the molecule is CC[C@@H](C)NC(=O)[C@H](C)Oc1cccc(C)c1C. The van der Waals surface area contributed by atoms with Crippen molar-refractivity contribution in [1.82, 2.24) is 5.32 Å². The molecular formula is C15H23NO2. The summed E-state index contributed by atoms with van der Waals surface area (Å²) < 4.78 is 5.72. The summed E-state index contributed by atoms with van der Waals surface area (Å²) in [6, 6.07) is 6.06. The molecule has 3 heteroatoms. The van der Waals surface area contributed by atoms with Crippen molar-refractivity contribution < 1.29 is 9.53 Å². The fourth-order valence-electron chi connectivity index (χ4n) is 1.56. The summed E-state index contributed by atoms with van der Waals surface area (Å²) in [5.74, 6) is 0.715.